The topological polar surface area (TPSA) is 90.5 Å². The van der Waals surface area contributed by atoms with Gasteiger partial charge in [0.2, 0.25) is 5.91 Å². The molecule has 0 aliphatic heterocycles. The number of carbonyl (C=O) groups excluding carboxylic acids is 2. The summed E-state index contributed by atoms with van der Waals surface area (Å²) in [6.07, 6.45) is 3.80. The van der Waals surface area contributed by atoms with E-state index in [4.69, 9.17) is 5.21 Å². The molecule has 116 valence electrons. The summed E-state index contributed by atoms with van der Waals surface area (Å²) in [6.45, 7) is 0.624. The number of amides is 2. The summed E-state index contributed by atoms with van der Waals surface area (Å²) in [4.78, 5) is 22.6. The number of hydrogen-bond donors (Lipinski definition) is 4. The highest BCUT2D eigenvalue weighted by Crippen LogP contribution is 2.08. The quantitative estimate of drug-likeness (QED) is 0.318. The number of anilines is 1. The molecule has 0 fully saturated rings. The molecule has 0 saturated heterocycles. The minimum atomic E-state index is -0.353. The highest BCUT2D eigenvalue weighted by Gasteiger charge is 2.04. The van der Waals surface area contributed by atoms with E-state index in [-0.39, 0.29) is 11.8 Å². The van der Waals surface area contributed by atoms with Gasteiger partial charge in [0.25, 0.3) is 5.91 Å². The molecule has 0 atom stereocenters. The largest absolute Gasteiger partial charge is 0.388 e. The first-order valence-corrected chi connectivity index (χ1v) is 7.16. The fraction of sp³-hybridized carbons (Fsp3) is 0.467. The zero-order valence-corrected chi connectivity index (χ0v) is 12.3. The number of carbonyl (C=O) groups is 2. The van der Waals surface area contributed by atoms with Gasteiger partial charge in [-0.25, -0.2) is 5.48 Å². The van der Waals surface area contributed by atoms with Crippen LogP contribution in [0.15, 0.2) is 24.3 Å². The summed E-state index contributed by atoms with van der Waals surface area (Å²) in [7, 11) is 1.83. The maximum absolute atomic E-state index is 11.8. The van der Waals surface area contributed by atoms with Crippen molar-refractivity contribution < 1.29 is 14.8 Å². The van der Waals surface area contributed by atoms with E-state index in [0.717, 1.165) is 31.4 Å². The second kappa shape index (κ2) is 9.77. The van der Waals surface area contributed by atoms with Gasteiger partial charge in [-0.1, -0.05) is 12.8 Å². The van der Waals surface area contributed by atoms with Crippen LogP contribution >= 0.6 is 0 Å². The molecule has 2 amide bonds. The van der Waals surface area contributed by atoms with E-state index in [0.29, 0.717) is 18.5 Å². The molecule has 1 aromatic rings. The molecule has 0 unspecified atom stereocenters. The van der Waals surface area contributed by atoms with Crippen molar-refractivity contribution in [2.75, 3.05) is 18.9 Å². The van der Waals surface area contributed by atoms with Crippen LogP contribution in [0.25, 0.3) is 0 Å². The first-order valence-electron chi connectivity index (χ1n) is 7.16. The van der Waals surface area contributed by atoms with Crippen LogP contribution in [-0.2, 0) is 4.79 Å². The third-order valence-electron chi connectivity index (χ3n) is 3.18. The number of unbranched alkanes of at least 4 members (excludes halogenated alkanes) is 3. The van der Waals surface area contributed by atoms with Gasteiger partial charge in [0.1, 0.15) is 0 Å². The van der Waals surface area contributed by atoms with E-state index in [2.05, 4.69) is 10.6 Å². The van der Waals surface area contributed by atoms with Crippen LogP contribution in [0.1, 0.15) is 42.5 Å². The molecule has 0 spiro atoms. The van der Waals surface area contributed by atoms with Crippen molar-refractivity contribution in [3.8, 4) is 0 Å². The zero-order valence-electron chi connectivity index (χ0n) is 12.3. The van der Waals surface area contributed by atoms with Crippen molar-refractivity contribution in [2.45, 2.75) is 32.1 Å². The van der Waals surface area contributed by atoms with Crippen LogP contribution in [0.4, 0.5) is 5.69 Å². The smallest absolute Gasteiger partial charge is 0.251 e. The van der Waals surface area contributed by atoms with E-state index < -0.39 is 0 Å². The predicted octanol–water partition coefficient (Wildman–Crippen LogP) is 1.91. The second-order valence-electron chi connectivity index (χ2n) is 4.78. The lowest BCUT2D eigenvalue weighted by Gasteiger charge is -2.06. The zero-order chi connectivity index (χ0) is 15.5. The fourth-order valence-electron chi connectivity index (χ4n) is 1.91. The number of rotatable bonds is 9. The van der Waals surface area contributed by atoms with Crippen LogP contribution in [0.5, 0.6) is 0 Å². The van der Waals surface area contributed by atoms with Gasteiger partial charge < -0.3 is 10.6 Å². The first kappa shape index (κ1) is 17.0. The van der Waals surface area contributed by atoms with Crippen LogP contribution < -0.4 is 16.1 Å². The Morgan fingerprint density at radius 3 is 2.33 bits per heavy atom. The minimum absolute atomic E-state index is 0.0719. The van der Waals surface area contributed by atoms with E-state index in [1.807, 2.05) is 19.2 Å². The molecule has 1 rings (SSSR count). The molecule has 0 aliphatic rings. The first-order chi connectivity index (χ1) is 10.2. The van der Waals surface area contributed by atoms with Crippen molar-refractivity contribution in [1.29, 1.82) is 0 Å². The number of benzene rings is 1. The molecule has 0 heterocycles. The molecule has 21 heavy (non-hydrogen) atoms. The maximum Gasteiger partial charge on any atom is 0.251 e. The molecule has 0 saturated carbocycles. The molecule has 0 aromatic heterocycles. The van der Waals surface area contributed by atoms with Gasteiger partial charge in [-0.15, -0.1) is 0 Å². The second-order valence-corrected chi connectivity index (χ2v) is 4.78. The maximum atomic E-state index is 11.8. The number of hydroxylamine groups is 1. The van der Waals surface area contributed by atoms with Crippen LogP contribution in [-0.4, -0.2) is 30.6 Å². The Morgan fingerprint density at radius 1 is 1.05 bits per heavy atom. The molecule has 6 heteroatoms. The lowest BCUT2D eigenvalue weighted by Crippen LogP contribution is -2.24. The molecule has 6 nitrogen and oxygen atoms in total. The number of hydrogen-bond acceptors (Lipinski definition) is 4. The normalized spacial score (nSPS) is 10.0. The Kier molecular flexibility index (Phi) is 7.89. The van der Waals surface area contributed by atoms with Gasteiger partial charge in [0.15, 0.2) is 0 Å². The summed E-state index contributed by atoms with van der Waals surface area (Å²) >= 11 is 0. The van der Waals surface area contributed by atoms with Gasteiger partial charge in [0, 0.05) is 31.3 Å². The van der Waals surface area contributed by atoms with Crippen molar-refractivity contribution in [3.63, 3.8) is 0 Å². The molecule has 0 radical (unpaired) electrons. The Hall–Kier alpha value is -2.08. The summed E-state index contributed by atoms with van der Waals surface area (Å²) in [5.41, 5.74) is 3.23. The van der Waals surface area contributed by atoms with E-state index in [1.165, 1.54) is 0 Å². The van der Waals surface area contributed by atoms with Crippen molar-refractivity contribution in [2.24, 2.45) is 0 Å². The average Bonchev–Trinajstić information content (AvgIpc) is 2.53. The Labute approximate surface area is 124 Å². The van der Waals surface area contributed by atoms with Crippen LogP contribution in [0, 0.1) is 0 Å². The SMILES string of the molecule is CNc1ccc(C(=O)NCCCCCCC(=O)NO)cc1. The molecule has 1 aromatic carbocycles. The van der Waals surface area contributed by atoms with Crippen LogP contribution in [0.2, 0.25) is 0 Å². The van der Waals surface area contributed by atoms with Gasteiger partial charge in [-0.3, -0.25) is 14.8 Å². The lowest BCUT2D eigenvalue weighted by atomic mass is 10.1. The Balaban J connectivity index is 2.11. The summed E-state index contributed by atoms with van der Waals surface area (Å²) in [5, 5.41) is 14.2. The average molecular weight is 293 g/mol. The summed E-state index contributed by atoms with van der Waals surface area (Å²) < 4.78 is 0. The minimum Gasteiger partial charge on any atom is -0.388 e. The van der Waals surface area contributed by atoms with Crippen molar-refractivity contribution >= 4 is 17.5 Å². The van der Waals surface area contributed by atoms with Crippen molar-refractivity contribution in [1.82, 2.24) is 10.8 Å². The Morgan fingerprint density at radius 2 is 1.71 bits per heavy atom. The third kappa shape index (κ3) is 6.76. The van der Waals surface area contributed by atoms with Gasteiger partial charge in [0.05, 0.1) is 0 Å². The standard InChI is InChI=1S/C15H23N3O3/c1-16-13-9-7-12(8-10-13)15(20)17-11-5-3-2-4-6-14(19)18-21/h7-10,16,21H,2-6,11H2,1H3,(H,17,20)(H,18,19). The number of nitrogens with one attached hydrogen (secondary N) is 3. The van der Waals surface area contributed by atoms with Gasteiger partial charge in [-0.2, -0.15) is 0 Å². The van der Waals surface area contributed by atoms with E-state index >= 15 is 0 Å². The summed E-state index contributed by atoms with van der Waals surface area (Å²) in [5.74, 6) is -0.425. The predicted molar refractivity (Wildman–Crippen MR) is 81.3 cm³/mol. The van der Waals surface area contributed by atoms with Crippen LogP contribution in [0.3, 0.4) is 0 Å². The fourth-order valence-corrected chi connectivity index (χ4v) is 1.91. The molecular formula is C15H23N3O3. The highest BCUT2D eigenvalue weighted by atomic mass is 16.5. The monoisotopic (exact) mass is 293 g/mol. The van der Waals surface area contributed by atoms with Gasteiger partial charge in [-0.05, 0) is 37.1 Å². The van der Waals surface area contributed by atoms with Gasteiger partial charge >= 0.3 is 0 Å². The lowest BCUT2D eigenvalue weighted by molar-refractivity contribution is -0.129. The van der Waals surface area contributed by atoms with E-state index in [1.54, 1.807) is 17.6 Å². The highest BCUT2D eigenvalue weighted by molar-refractivity contribution is 5.94. The molecule has 0 aliphatic carbocycles. The third-order valence-corrected chi connectivity index (χ3v) is 3.18. The van der Waals surface area contributed by atoms with E-state index in [9.17, 15) is 9.59 Å². The Bertz CT molecular complexity index is 446. The molecular weight excluding hydrogens is 270 g/mol. The molecule has 0 bridgehead atoms. The summed E-state index contributed by atoms with van der Waals surface area (Å²) in [6, 6.07) is 7.30. The molecule has 4 N–H and O–H groups in total. The van der Waals surface area contributed by atoms with Crippen molar-refractivity contribution in [3.05, 3.63) is 29.8 Å².